The number of aliphatic hydroxyl groups excluding tert-OH is 6. The van der Waals surface area contributed by atoms with Crippen molar-refractivity contribution in [2.45, 2.75) is 55.3 Å². The minimum absolute atomic E-state index is 0.00328. The van der Waals surface area contributed by atoms with Gasteiger partial charge in [-0.05, 0) is 24.3 Å². The molecule has 14 nitrogen and oxygen atoms in total. The van der Waals surface area contributed by atoms with Crippen LogP contribution in [0, 0.1) is 0 Å². The first-order valence-electron chi connectivity index (χ1n) is 13.0. The summed E-state index contributed by atoms with van der Waals surface area (Å²) in [5, 5.41) is 61.2. The van der Waals surface area contributed by atoms with Gasteiger partial charge < -0.3 is 63.5 Å². The average Bonchev–Trinajstić information content (AvgIpc) is 2.99. The van der Waals surface area contributed by atoms with E-state index in [1.165, 1.54) is 32.4 Å². The summed E-state index contributed by atoms with van der Waals surface area (Å²) in [5.74, 6) is 1.06. The standard InChI is InChI=1S/C28H32O14/c1-36-13-5-3-12(4-6-13)17-9-15(29)21-18(40-17)7-14(37-2)8-19(21)41-28-26(35)24(33)23(32)20(42-28)11-39-27-25(34)22(31)16(30)10-38-27/h3-9,16,20,22-28,30-35H,10-11H2,1-2H3/t16-,20+,22+,23+,24-,25-,26+,27-,28+/m1/s1. The number of benzene rings is 2. The van der Waals surface area contributed by atoms with Crippen LogP contribution in [0.15, 0.2) is 51.7 Å². The van der Waals surface area contributed by atoms with Gasteiger partial charge in [0.1, 0.15) is 76.7 Å². The van der Waals surface area contributed by atoms with E-state index in [2.05, 4.69) is 0 Å². The molecule has 6 N–H and O–H groups in total. The number of hydrogen-bond donors (Lipinski definition) is 6. The lowest BCUT2D eigenvalue weighted by Crippen LogP contribution is -2.61. The molecule has 14 heteroatoms. The Labute approximate surface area is 238 Å². The summed E-state index contributed by atoms with van der Waals surface area (Å²) in [6.45, 7) is -0.780. The summed E-state index contributed by atoms with van der Waals surface area (Å²) in [6.07, 6.45) is -13.8. The fourth-order valence-electron chi connectivity index (χ4n) is 4.73. The van der Waals surface area contributed by atoms with Crippen LogP contribution in [0.3, 0.4) is 0 Å². The van der Waals surface area contributed by atoms with Gasteiger partial charge in [-0.25, -0.2) is 0 Å². The van der Waals surface area contributed by atoms with Gasteiger partial charge in [0, 0.05) is 23.8 Å². The molecule has 2 aromatic carbocycles. The summed E-state index contributed by atoms with van der Waals surface area (Å²) in [5.41, 5.74) is 0.243. The molecule has 228 valence electrons. The van der Waals surface area contributed by atoms with Crippen LogP contribution >= 0.6 is 0 Å². The molecule has 2 fully saturated rings. The molecule has 3 aromatic rings. The van der Waals surface area contributed by atoms with Crippen LogP contribution in [0.2, 0.25) is 0 Å². The van der Waals surface area contributed by atoms with Crippen LogP contribution < -0.4 is 19.6 Å². The lowest BCUT2D eigenvalue weighted by atomic mass is 9.99. The van der Waals surface area contributed by atoms with Crippen LogP contribution in [0.25, 0.3) is 22.3 Å². The van der Waals surface area contributed by atoms with Gasteiger partial charge in [-0.2, -0.15) is 0 Å². The van der Waals surface area contributed by atoms with Crippen molar-refractivity contribution < 1.29 is 63.5 Å². The monoisotopic (exact) mass is 592 g/mol. The highest BCUT2D eigenvalue weighted by molar-refractivity contribution is 5.86. The Balaban J connectivity index is 1.40. The van der Waals surface area contributed by atoms with Crippen molar-refractivity contribution in [1.29, 1.82) is 0 Å². The molecule has 0 aliphatic carbocycles. The number of ether oxygens (including phenoxy) is 6. The van der Waals surface area contributed by atoms with E-state index in [9.17, 15) is 35.4 Å². The van der Waals surface area contributed by atoms with Gasteiger partial charge in [-0.1, -0.05) is 0 Å². The van der Waals surface area contributed by atoms with E-state index < -0.39 is 67.3 Å². The summed E-state index contributed by atoms with van der Waals surface area (Å²) >= 11 is 0. The van der Waals surface area contributed by atoms with Gasteiger partial charge in [0.25, 0.3) is 0 Å². The molecule has 0 spiro atoms. The van der Waals surface area contributed by atoms with Gasteiger partial charge in [0.05, 0.1) is 27.4 Å². The van der Waals surface area contributed by atoms with Crippen LogP contribution in [-0.4, -0.2) is 113 Å². The molecule has 2 aliphatic rings. The maximum absolute atomic E-state index is 13.3. The number of aliphatic hydroxyl groups is 6. The molecule has 3 heterocycles. The third-order valence-corrected chi connectivity index (χ3v) is 7.17. The highest BCUT2D eigenvalue weighted by atomic mass is 16.7. The molecule has 0 amide bonds. The molecular formula is C28H32O14. The third kappa shape index (κ3) is 5.94. The molecule has 0 saturated carbocycles. The quantitative estimate of drug-likeness (QED) is 0.188. The molecule has 2 aliphatic heterocycles. The van der Waals surface area contributed by atoms with Crippen LogP contribution in [-0.2, 0) is 14.2 Å². The van der Waals surface area contributed by atoms with Crippen molar-refractivity contribution in [3.8, 4) is 28.6 Å². The van der Waals surface area contributed by atoms with Crippen molar-refractivity contribution in [2.24, 2.45) is 0 Å². The maximum Gasteiger partial charge on any atom is 0.229 e. The zero-order valence-electron chi connectivity index (χ0n) is 22.6. The topological polar surface area (TPSA) is 207 Å². The minimum atomic E-state index is -1.75. The van der Waals surface area contributed by atoms with E-state index in [1.807, 2.05) is 0 Å². The lowest BCUT2D eigenvalue weighted by molar-refractivity contribution is -0.307. The molecule has 0 unspecified atom stereocenters. The lowest BCUT2D eigenvalue weighted by Gasteiger charge is -2.41. The van der Waals surface area contributed by atoms with E-state index >= 15 is 0 Å². The Bertz CT molecular complexity index is 1420. The smallest absolute Gasteiger partial charge is 0.229 e. The molecule has 5 rings (SSSR count). The largest absolute Gasteiger partial charge is 0.497 e. The minimum Gasteiger partial charge on any atom is -0.497 e. The van der Waals surface area contributed by atoms with Crippen molar-refractivity contribution in [2.75, 3.05) is 27.4 Å². The number of fused-ring (bicyclic) bond motifs is 1. The molecule has 9 atom stereocenters. The molecular weight excluding hydrogens is 560 g/mol. The van der Waals surface area contributed by atoms with Crippen molar-refractivity contribution in [3.63, 3.8) is 0 Å². The molecule has 42 heavy (non-hydrogen) atoms. The second kappa shape index (κ2) is 12.5. The van der Waals surface area contributed by atoms with Crippen LogP contribution in [0.4, 0.5) is 0 Å². The summed E-state index contributed by atoms with van der Waals surface area (Å²) < 4.78 is 38.7. The van der Waals surface area contributed by atoms with Crippen LogP contribution in [0.1, 0.15) is 0 Å². The van der Waals surface area contributed by atoms with E-state index in [0.717, 1.165) is 0 Å². The average molecular weight is 593 g/mol. The first-order valence-corrected chi connectivity index (χ1v) is 13.0. The third-order valence-electron chi connectivity index (χ3n) is 7.17. The van der Waals surface area contributed by atoms with Crippen molar-refractivity contribution >= 4 is 11.0 Å². The van der Waals surface area contributed by atoms with E-state index in [-0.39, 0.29) is 34.8 Å². The van der Waals surface area contributed by atoms with Gasteiger partial charge in [-0.15, -0.1) is 0 Å². The number of rotatable bonds is 8. The molecule has 1 aromatic heterocycles. The molecule has 0 radical (unpaired) electrons. The Morgan fingerprint density at radius 2 is 1.50 bits per heavy atom. The van der Waals surface area contributed by atoms with E-state index in [4.69, 9.17) is 32.8 Å². The van der Waals surface area contributed by atoms with Crippen molar-refractivity contribution in [1.82, 2.24) is 0 Å². The van der Waals surface area contributed by atoms with E-state index in [0.29, 0.717) is 11.3 Å². The highest BCUT2D eigenvalue weighted by Gasteiger charge is 2.46. The molecule has 2 saturated heterocycles. The Kier molecular flexibility index (Phi) is 8.98. The van der Waals surface area contributed by atoms with E-state index in [1.54, 1.807) is 24.3 Å². The van der Waals surface area contributed by atoms with Crippen molar-refractivity contribution in [3.05, 3.63) is 52.7 Å². The zero-order valence-corrected chi connectivity index (χ0v) is 22.6. The second-order valence-electron chi connectivity index (χ2n) is 9.92. The Hall–Kier alpha value is -3.31. The van der Waals surface area contributed by atoms with Crippen LogP contribution in [0.5, 0.6) is 17.2 Å². The first-order chi connectivity index (χ1) is 20.1. The summed E-state index contributed by atoms with van der Waals surface area (Å²) in [7, 11) is 2.93. The number of methoxy groups -OCH3 is 2. The number of hydrogen-bond acceptors (Lipinski definition) is 14. The summed E-state index contributed by atoms with van der Waals surface area (Å²) in [4.78, 5) is 13.3. The summed E-state index contributed by atoms with van der Waals surface area (Å²) in [6, 6.07) is 11.0. The zero-order chi connectivity index (χ0) is 30.1. The van der Waals surface area contributed by atoms with Gasteiger partial charge in [0.15, 0.2) is 11.7 Å². The second-order valence-corrected chi connectivity index (χ2v) is 9.92. The Morgan fingerprint density at radius 3 is 2.19 bits per heavy atom. The van der Waals surface area contributed by atoms with Gasteiger partial charge in [-0.3, -0.25) is 4.79 Å². The fraction of sp³-hybridized carbons (Fsp3) is 0.464. The Morgan fingerprint density at radius 1 is 0.810 bits per heavy atom. The SMILES string of the molecule is COc1ccc(-c2cc(=O)c3c(O[C@H]4O[C@@H](CO[C@H]5OC[C@@H](O)[C@H](O)[C@H]5O)[C@H](O)[C@@H](O)[C@@H]4O)cc(OC)cc3o2)cc1. The normalized spacial score (nSPS) is 31.6. The predicted octanol–water partition coefficient (Wildman–Crippen LogP) is -0.881. The fourth-order valence-corrected chi connectivity index (χ4v) is 4.73. The van der Waals surface area contributed by atoms with Gasteiger partial charge >= 0.3 is 0 Å². The first kappa shape index (κ1) is 30.2. The predicted molar refractivity (Wildman–Crippen MR) is 142 cm³/mol. The molecule has 0 bridgehead atoms. The van der Waals surface area contributed by atoms with Gasteiger partial charge in [0.2, 0.25) is 6.29 Å². The highest BCUT2D eigenvalue weighted by Crippen LogP contribution is 2.34. The maximum atomic E-state index is 13.3.